The highest BCUT2D eigenvalue weighted by Gasteiger charge is 2.18. The van der Waals surface area contributed by atoms with E-state index in [2.05, 4.69) is 4.98 Å². The summed E-state index contributed by atoms with van der Waals surface area (Å²) in [6.07, 6.45) is 3.36. The number of hydrogen-bond acceptors (Lipinski definition) is 7. The monoisotopic (exact) mass is 525 g/mol. The van der Waals surface area contributed by atoms with Crippen molar-refractivity contribution >= 4 is 28.4 Å². The summed E-state index contributed by atoms with van der Waals surface area (Å²) in [5.74, 6) is 0. The molecule has 2 aromatic carbocycles. The number of rotatable bonds is 6. The Bertz CT molecular complexity index is 1800. The van der Waals surface area contributed by atoms with Crippen molar-refractivity contribution in [1.82, 2.24) is 19.0 Å². The number of benzene rings is 2. The molecule has 0 unspecified atom stereocenters. The van der Waals surface area contributed by atoms with Crippen molar-refractivity contribution in [3.63, 3.8) is 0 Å². The van der Waals surface area contributed by atoms with E-state index >= 15 is 0 Å². The molecule has 10 nitrogen and oxygen atoms in total. The number of para-hydroxylation sites is 1. The molecule has 0 N–H and O–H groups in total. The van der Waals surface area contributed by atoms with Crippen molar-refractivity contribution in [2.45, 2.75) is 13.8 Å². The summed E-state index contributed by atoms with van der Waals surface area (Å²) in [6.45, 7) is 3.70. The predicted molar refractivity (Wildman–Crippen MR) is 147 cm³/mol. The summed E-state index contributed by atoms with van der Waals surface area (Å²) in [5, 5.41) is 18.1. The van der Waals surface area contributed by atoms with Crippen LogP contribution in [0.2, 0.25) is 0 Å². The SMILES string of the molecule is CC(=Nn1c(-c2cccc([N+](=O)[O-])c2)csc1=Nc1c(C)n(C)n(-c2ccccc2)c1=O)c1ccncc1. The summed E-state index contributed by atoms with van der Waals surface area (Å²) in [6, 6.07) is 19.4. The third-order valence-electron chi connectivity index (χ3n) is 6.12. The molecule has 0 aliphatic heterocycles. The molecular formula is C27H23N7O3S. The van der Waals surface area contributed by atoms with Crippen molar-refractivity contribution < 1.29 is 4.92 Å². The van der Waals surface area contributed by atoms with Crippen molar-refractivity contribution in [2.75, 3.05) is 0 Å². The molecule has 38 heavy (non-hydrogen) atoms. The zero-order valence-corrected chi connectivity index (χ0v) is 21.7. The van der Waals surface area contributed by atoms with Gasteiger partial charge in [-0.2, -0.15) is 5.10 Å². The molecule has 5 rings (SSSR count). The van der Waals surface area contributed by atoms with Gasteiger partial charge >= 0.3 is 0 Å². The van der Waals surface area contributed by atoms with Crippen LogP contribution in [0.4, 0.5) is 11.4 Å². The quantitative estimate of drug-likeness (QED) is 0.180. The predicted octanol–water partition coefficient (Wildman–Crippen LogP) is 4.82. The van der Waals surface area contributed by atoms with Crippen LogP contribution in [0.1, 0.15) is 18.2 Å². The molecule has 11 heteroatoms. The van der Waals surface area contributed by atoms with E-state index in [-0.39, 0.29) is 16.9 Å². The Labute approximate surface area is 221 Å². The average molecular weight is 526 g/mol. The van der Waals surface area contributed by atoms with Gasteiger partial charge in [-0.3, -0.25) is 24.6 Å². The Kier molecular flexibility index (Phi) is 6.67. The molecule has 0 bridgehead atoms. The van der Waals surface area contributed by atoms with Crippen LogP contribution in [0.3, 0.4) is 0 Å². The molecule has 5 aromatic rings. The molecule has 0 aliphatic carbocycles. The fourth-order valence-corrected chi connectivity index (χ4v) is 4.87. The largest absolute Gasteiger partial charge is 0.297 e. The van der Waals surface area contributed by atoms with Crippen LogP contribution in [0, 0.1) is 17.0 Å². The molecule has 0 amide bonds. The first-order valence-corrected chi connectivity index (χ1v) is 12.5. The molecule has 0 radical (unpaired) electrons. The molecule has 190 valence electrons. The van der Waals surface area contributed by atoms with Gasteiger partial charge in [0.2, 0.25) is 4.80 Å². The molecule has 0 aliphatic rings. The number of hydrogen-bond donors (Lipinski definition) is 0. The van der Waals surface area contributed by atoms with Gasteiger partial charge in [-0.05, 0) is 38.1 Å². The first-order valence-electron chi connectivity index (χ1n) is 11.6. The fourth-order valence-electron chi connectivity index (χ4n) is 4.03. The van der Waals surface area contributed by atoms with E-state index in [0.29, 0.717) is 27.5 Å². The molecule has 3 heterocycles. The minimum Gasteiger partial charge on any atom is -0.283 e. The molecule has 0 fully saturated rings. The van der Waals surface area contributed by atoms with Crippen LogP contribution < -0.4 is 10.4 Å². The molecule has 0 spiro atoms. The minimum absolute atomic E-state index is 0.0294. The maximum atomic E-state index is 13.5. The van der Waals surface area contributed by atoms with Gasteiger partial charge in [-0.1, -0.05) is 30.3 Å². The number of nitro benzene ring substituents is 1. The van der Waals surface area contributed by atoms with Crippen LogP contribution in [-0.2, 0) is 7.05 Å². The fraction of sp³-hybridized carbons (Fsp3) is 0.111. The molecule has 0 saturated carbocycles. The van der Waals surface area contributed by atoms with Gasteiger partial charge in [-0.25, -0.2) is 14.4 Å². The third kappa shape index (κ3) is 4.62. The van der Waals surface area contributed by atoms with Crippen molar-refractivity contribution in [3.8, 4) is 16.9 Å². The Hall–Kier alpha value is -4.90. The van der Waals surface area contributed by atoms with Gasteiger partial charge in [0, 0.05) is 48.1 Å². The Morgan fingerprint density at radius 1 is 1.05 bits per heavy atom. The highest BCUT2D eigenvalue weighted by atomic mass is 32.1. The lowest BCUT2D eigenvalue weighted by atomic mass is 10.1. The second-order valence-corrected chi connectivity index (χ2v) is 9.30. The van der Waals surface area contributed by atoms with Gasteiger partial charge in [0.15, 0.2) is 5.69 Å². The van der Waals surface area contributed by atoms with Crippen LogP contribution >= 0.6 is 11.3 Å². The van der Waals surface area contributed by atoms with Crippen LogP contribution in [0.15, 0.2) is 99.4 Å². The number of non-ortho nitro benzene ring substituents is 1. The number of nitro groups is 1. The zero-order valence-electron chi connectivity index (χ0n) is 20.8. The average Bonchev–Trinajstić information content (AvgIpc) is 3.42. The standard InChI is InChI=1S/C27H23N7O3S/c1-18(20-12-14-28-15-13-20)30-32-24(21-8-7-11-23(16-21)34(36)37)17-38-27(32)29-25-19(2)31(3)33(26(25)35)22-9-5-4-6-10-22/h4-17H,1-3H3. The Balaban J connectivity index is 1.74. The van der Waals surface area contributed by atoms with E-state index in [1.54, 1.807) is 38.6 Å². The van der Waals surface area contributed by atoms with Crippen molar-refractivity contribution in [3.05, 3.63) is 121 Å². The number of nitrogens with zero attached hydrogens (tertiary/aromatic N) is 7. The molecular weight excluding hydrogens is 502 g/mol. The smallest absolute Gasteiger partial charge is 0.283 e. The first kappa shape index (κ1) is 24.8. The van der Waals surface area contributed by atoms with Gasteiger partial charge in [0.25, 0.3) is 11.2 Å². The first-order chi connectivity index (χ1) is 18.3. The lowest BCUT2D eigenvalue weighted by Crippen LogP contribution is -2.20. The molecule has 0 atom stereocenters. The topological polar surface area (TPSA) is 113 Å². The summed E-state index contributed by atoms with van der Waals surface area (Å²) in [7, 11) is 1.81. The minimum atomic E-state index is -0.434. The second kappa shape index (κ2) is 10.2. The maximum absolute atomic E-state index is 13.5. The van der Waals surface area contributed by atoms with E-state index in [0.717, 1.165) is 11.3 Å². The van der Waals surface area contributed by atoms with Gasteiger partial charge in [0.05, 0.1) is 27.7 Å². The normalized spacial score (nSPS) is 12.2. The van der Waals surface area contributed by atoms with Crippen LogP contribution in [0.25, 0.3) is 16.9 Å². The number of pyridine rings is 1. The highest BCUT2D eigenvalue weighted by Crippen LogP contribution is 2.25. The summed E-state index contributed by atoms with van der Waals surface area (Å²) in [5.41, 5.74) is 4.17. The summed E-state index contributed by atoms with van der Waals surface area (Å²) in [4.78, 5) is 33.8. The lowest BCUT2D eigenvalue weighted by molar-refractivity contribution is -0.384. The van der Waals surface area contributed by atoms with Crippen molar-refractivity contribution in [1.29, 1.82) is 0 Å². The molecule has 0 saturated heterocycles. The lowest BCUT2D eigenvalue weighted by Gasteiger charge is -2.07. The maximum Gasteiger partial charge on any atom is 0.297 e. The summed E-state index contributed by atoms with van der Waals surface area (Å²) < 4.78 is 4.96. The van der Waals surface area contributed by atoms with Gasteiger partial charge in [-0.15, -0.1) is 11.3 Å². The van der Waals surface area contributed by atoms with E-state index in [9.17, 15) is 14.9 Å². The zero-order chi connectivity index (χ0) is 26.8. The van der Waals surface area contributed by atoms with E-state index in [1.165, 1.54) is 23.5 Å². The second-order valence-electron chi connectivity index (χ2n) is 8.47. The number of thiazole rings is 1. The van der Waals surface area contributed by atoms with Crippen molar-refractivity contribution in [2.24, 2.45) is 17.1 Å². The van der Waals surface area contributed by atoms with Crippen LogP contribution in [-0.4, -0.2) is 29.7 Å². The number of aromatic nitrogens is 4. The Morgan fingerprint density at radius 3 is 2.50 bits per heavy atom. The summed E-state index contributed by atoms with van der Waals surface area (Å²) >= 11 is 1.30. The van der Waals surface area contributed by atoms with Gasteiger partial charge in [0.1, 0.15) is 0 Å². The molecule has 3 aromatic heterocycles. The van der Waals surface area contributed by atoms with E-state index in [4.69, 9.17) is 10.1 Å². The third-order valence-corrected chi connectivity index (χ3v) is 6.93. The Morgan fingerprint density at radius 2 is 1.79 bits per heavy atom. The van der Waals surface area contributed by atoms with E-state index in [1.807, 2.05) is 68.7 Å². The van der Waals surface area contributed by atoms with E-state index < -0.39 is 4.92 Å². The van der Waals surface area contributed by atoms with Crippen LogP contribution in [0.5, 0.6) is 0 Å². The van der Waals surface area contributed by atoms with Gasteiger partial charge < -0.3 is 0 Å². The highest BCUT2D eigenvalue weighted by molar-refractivity contribution is 7.07.